The number of nitrogens with zero attached hydrogens (tertiary/aromatic N) is 1. The highest BCUT2D eigenvalue weighted by molar-refractivity contribution is 7.85. The van der Waals surface area contributed by atoms with Gasteiger partial charge in [-0.15, -0.1) is 0 Å². The molecule has 3 heterocycles. The molecule has 1 unspecified atom stereocenters. The van der Waals surface area contributed by atoms with Gasteiger partial charge < -0.3 is 4.98 Å². The third-order valence-corrected chi connectivity index (χ3v) is 6.65. The molecule has 1 aliphatic heterocycles. The first-order valence-electron chi connectivity index (χ1n) is 9.20. The third-order valence-electron chi connectivity index (χ3n) is 5.16. The first-order chi connectivity index (χ1) is 14.1. The number of aromatic nitrogens is 2. The van der Waals surface area contributed by atoms with Gasteiger partial charge >= 0.3 is 0 Å². The van der Waals surface area contributed by atoms with Crippen molar-refractivity contribution in [1.29, 1.82) is 0 Å². The number of nitrogens with one attached hydrogen (secondary N) is 1. The molecule has 0 saturated carbocycles. The number of aromatic amines is 1. The summed E-state index contributed by atoms with van der Waals surface area (Å²) in [6, 6.07) is 15.3. The standard InChI is InChI=1S/C23H16F2N2OS/c24-18-3-1-15(2-4-18)22-19(14-5-8-26-9-6-14)13-21(27-22)17-11-16-7-10-29(28)23(16)20(25)12-17/h1-6,8-9,11-13,27H,7,10H2. The lowest BCUT2D eigenvalue weighted by Crippen LogP contribution is -1.93. The van der Waals surface area contributed by atoms with Crippen molar-refractivity contribution in [3.05, 3.63) is 84.2 Å². The molecule has 0 fully saturated rings. The van der Waals surface area contributed by atoms with Gasteiger partial charge in [0.2, 0.25) is 0 Å². The molecule has 0 amide bonds. The molecular weight excluding hydrogens is 390 g/mol. The average molecular weight is 406 g/mol. The smallest absolute Gasteiger partial charge is 0.140 e. The molecule has 1 atom stereocenters. The van der Waals surface area contributed by atoms with Gasteiger partial charge in [0.05, 0.1) is 21.4 Å². The highest BCUT2D eigenvalue weighted by Gasteiger charge is 2.24. The van der Waals surface area contributed by atoms with Crippen LogP contribution in [0.25, 0.3) is 33.6 Å². The van der Waals surface area contributed by atoms with E-state index < -0.39 is 16.6 Å². The van der Waals surface area contributed by atoms with Crippen molar-refractivity contribution in [3.8, 4) is 33.6 Å². The molecule has 5 rings (SSSR count). The van der Waals surface area contributed by atoms with Crippen molar-refractivity contribution in [2.24, 2.45) is 0 Å². The Labute approximate surface area is 168 Å². The van der Waals surface area contributed by atoms with E-state index in [-0.39, 0.29) is 5.82 Å². The number of benzene rings is 2. The van der Waals surface area contributed by atoms with E-state index >= 15 is 0 Å². The highest BCUT2D eigenvalue weighted by Crippen LogP contribution is 2.37. The fourth-order valence-electron chi connectivity index (χ4n) is 3.76. The molecule has 6 heteroatoms. The summed E-state index contributed by atoms with van der Waals surface area (Å²) in [6.45, 7) is 0. The number of fused-ring (bicyclic) bond motifs is 1. The van der Waals surface area contributed by atoms with Crippen LogP contribution in [0.2, 0.25) is 0 Å². The quantitative estimate of drug-likeness (QED) is 0.498. The van der Waals surface area contributed by atoms with Crippen molar-refractivity contribution < 1.29 is 13.0 Å². The summed E-state index contributed by atoms with van der Waals surface area (Å²) in [7, 11) is -1.26. The van der Waals surface area contributed by atoms with E-state index in [1.165, 1.54) is 18.2 Å². The van der Waals surface area contributed by atoms with Gasteiger partial charge in [-0.05, 0) is 77.7 Å². The number of hydrogen-bond acceptors (Lipinski definition) is 2. The Kier molecular flexibility index (Phi) is 4.36. The topological polar surface area (TPSA) is 45.8 Å². The van der Waals surface area contributed by atoms with Crippen molar-refractivity contribution in [3.63, 3.8) is 0 Å². The maximum Gasteiger partial charge on any atom is 0.140 e. The largest absolute Gasteiger partial charge is 0.354 e. The minimum Gasteiger partial charge on any atom is -0.354 e. The summed E-state index contributed by atoms with van der Waals surface area (Å²) in [6.07, 6.45) is 4.02. The van der Waals surface area contributed by atoms with E-state index in [0.29, 0.717) is 22.6 Å². The molecule has 144 valence electrons. The molecule has 0 radical (unpaired) electrons. The van der Waals surface area contributed by atoms with Crippen molar-refractivity contribution >= 4 is 10.8 Å². The van der Waals surface area contributed by atoms with E-state index in [4.69, 9.17) is 0 Å². The predicted octanol–water partition coefficient (Wildman–Crippen LogP) is 5.35. The zero-order chi connectivity index (χ0) is 20.0. The Morgan fingerprint density at radius 2 is 1.66 bits per heavy atom. The van der Waals surface area contributed by atoms with Crippen molar-refractivity contribution in [2.75, 3.05) is 5.75 Å². The Balaban J connectivity index is 1.69. The lowest BCUT2D eigenvalue weighted by molar-refractivity contribution is 0.595. The van der Waals surface area contributed by atoms with Gasteiger partial charge in [-0.25, -0.2) is 8.78 Å². The van der Waals surface area contributed by atoms with E-state index in [1.807, 2.05) is 24.3 Å². The molecule has 2 aromatic carbocycles. The van der Waals surface area contributed by atoms with Crippen LogP contribution in [0.15, 0.2) is 71.9 Å². The number of hydrogen-bond donors (Lipinski definition) is 1. The molecule has 1 aliphatic rings. The van der Waals surface area contributed by atoms with Crippen LogP contribution in [0.3, 0.4) is 0 Å². The second-order valence-electron chi connectivity index (χ2n) is 6.96. The lowest BCUT2D eigenvalue weighted by Gasteiger charge is -2.05. The van der Waals surface area contributed by atoms with Crippen molar-refractivity contribution in [2.45, 2.75) is 11.3 Å². The van der Waals surface area contributed by atoms with Crippen LogP contribution in [0.5, 0.6) is 0 Å². The average Bonchev–Trinajstić information content (AvgIpc) is 3.34. The predicted molar refractivity (Wildman–Crippen MR) is 110 cm³/mol. The molecule has 0 aliphatic carbocycles. The van der Waals surface area contributed by atoms with E-state index in [2.05, 4.69) is 9.97 Å². The minimum absolute atomic E-state index is 0.306. The number of pyridine rings is 1. The molecular formula is C23H16F2N2OS. The van der Waals surface area contributed by atoms with Crippen LogP contribution in [0, 0.1) is 11.6 Å². The highest BCUT2D eigenvalue weighted by atomic mass is 32.2. The Morgan fingerprint density at radius 3 is 2.41 bits per heavy atom. The SMILES string of the molecule is O=S1CCc2cc(-c3cc(-c4ccncc4)c(-c4ccc(F)cc4)[nH]3)cc(F)c21. The van der Waals surface area contributed by atoms with Crippen LogP contribution < -0.4 is 0 Å². The van der Waals surface area contributed by atoms with Crippen molar-refractivity contribution in [1.82, 2.24) is 9.97 Å². The van der Waals surface area contributed by atoms with Gasteiger partial charge in [0.15, 0.2) is 0 Å². The lowest BCUT2D eigenvalue weighted by atomic mass is 10.0. The Hall–Kier alpha value is -3.12. The van der Waals surface area contributed by atoms with E-state index in [9.17, 15) is 13.0 Å². The van der Waals surface area contributed by atoms with Gasteiger partial charge in [0.25, 0.3) is 0 Å². The fraction of sp³-hybridized carbons (Fsp3) is 0.0870. The second kappa shape index (κ2) is 7.04. The summed E-state index contributed by atoms with van der Waals surface area (Å²) in [5, 5.41) is 0. The van der Waals surface area contributed by atoms with Crippen LogP contribution in [-0.4, -0.2) is 19.9 Å². The molecule has 1 N–H and O–H groups in total. The summed E-state index contributed by atoms with van der Waals surface area (Å²) in [5.74, 6) is -0.278. The van der Waals surface area contributed by atoms with Gasteiger partial charge in [0.1, 0.15) is 11.6 Å². The Morgan fingerprint density at radius 1 is 0.897 bits per heavy atom. The molecule has 2 aromatic heterocycles. The van der Waals surface area contributed by atoms with E-state index in [1.54, 1.807) is 24.5 Å². The van der Waals surface area contributed by atoms with Crippen LogP contribution >= 0.6 is 0 Å². The van der Waals surface area contributed by atoms with Crippen LogP contribution in [-0.2, 0) is 17.2 Å². The number of H-pyrrole nitrogens is 1. The first-order valence-corrected chi connectivity index (χ1v) is 10.5. The fourth-order valence-corrected chi connectivity index (χ4v) is 5.10. The van der Waals surface area contributed by atoms with Crippen LogP contribution in [0.4, 0.5) is 8.78 Å². The molecule has 0 bridgehead atoms. The molecule has 29 heavy (non-hydrogen) atoms. The molecule has 0 spiro atoms. The zero-order valence-corrected chi connectivity index (χ0v) is 16.1. The number of rotatable bonds is 3. The maximum atomic E-state index is 14.6. The zero-order valence-electron chi connectivity index (χ0n) is 15.3. The van der Waals surface area contributed by atoms with Gasteiger partial charge in [-0.2, -0.15) is 0 Å². The first kappa shape index (κ1) is 17.9. The van der Waals surface area contributed by atoms with Crippen LogP contribution in [0.1, 0.15) is 5.56 Å². The molecule has 3 nitrogen and oxygen atoms in total. The minimum atomic E-state index is -1.26. The molecule has 0 saturated heterocycles. The monoisotopic (exact) mass is 406 g/mol. The van der Waals surface area contributed by atoms with E-state index in [0.717, 1.165) is 33.6 Å². The number of halogens is 2. The summed E-state index contributed by atoms with van der Waals surface area (Å²) in [5.41, 5.74) is 5.74. The number of aryl methyl sites for hydroxylation is 1. The van der Waals surface area contributed by atoms with Gasteiger partial charge in [-0.3, -0.25) is 9.19 Å². The second-order valence-corrected chi connectivity index (χ2v) is 8.47. The maximum absolute atomic E-state index is 14.6. The van der Waals surface area contributed by atoms with Gasteiger partial charge in [-0.1, -0.05) is 0 Å². The summed E-state index contributed by atoms with van der Waals surface area (Å²) >= 11 is 0. The summed E-state index contributed by atoms with van der Waals surface area (Å²) < 4.78 is 40.1. The molecule has 4 aromatic rings. The summed E-state index contributed by atoms with van der Waals surface area (Å²) in [4.78, 5) is 7.77. The Bertz CT molecular complexity index is 1230. The normalized spacial score (nSPS) is 15.4. The van der Waals surface area contributed by atoms with Gasteiger partial charge in [0, 0.05) is 35.0 Å². The third kappa shape index (κ3) is 3.19.